The van der Waals surface area contributed by atoms with E-state index in [4.69, 9.17) is 5.73 Å². The molecule has 92 valence electrons. The molecule has 17 heavy (non-hydrogen) atoms. The van der Waals surface area contributed by atoms with E-state index in [1.165, 1.54) is 0 Å². The van der Waals surface area contributed by atoms with Crippen LogP contribution in [0.1, 0.15) is 24.6 Å². The highest BCUT2D eigenvalue weighted by Crippen LogP contribution is 2.26. The smallest absolute Gasteiger partial charge is 0.145 e. The molecule has 5 nitrogen and oxygen atoms in total. The Hall–Kier alpha value is -1.54. The van der Waals surface area contributed by atoms with Gasteiger partial charge in [0.2, 0.25) is 0 Å². The van der Waals surface area contributed by atoms with Gasteiger partial charge in [-0.1, -0.05) is 6.92 Å². The van der Waals surface area contributed by atoms with Crippen molar-refractivity contribution < 1.29 is 0 Å². The van der Waals surface area contributed by atoms with Crippen molar-refractivity contribution in [2.24, 2.45) is 18.7 Å². The average molecular weight is 233 g/mol. The van der Waals surface area contributed by atoms with Crippen molar-refractivity contribution in [1.29, 1.82) is 5.26 Å². The molecule has 1 saturated heterocycles. The van der Waals surface area contributed by atoms with E-state index in [1.807, 2.05) is 14.0 Å². The molecule has 0 amide bonds. The van der Waals surface area contributed by atoms with Crippen LogP contribution >= 0.6 is 0 Å². The van der Waals surface area contributed by atoms with Crippen molar-refractivity contribution in [2.75, 3.05) is 18.0 Å². The fourth-order valence-electron chi connectivity index (χ4n) is 2.71. The van der Waals surface area contributed by atoms with Gasteiger partial charge in [0, 0.05) is 26.2 Å². The fourth-order valence-corrected chi connectivity index (χ4v) is 2.71. The predicted octanol–water partition coefficient (Wildman–Crippen LogP) is 0.774. The second kappa shape index (κ2) is 4.38. The molecule has 0 spiro atoms. The molecule has 1 fully saturated rings. The number of nitrogens with zero attached hydrogens (tertiary/aromatic N) is 4. The van der Waals surface area contributed by atoms with Gasteiger partial charge in [0.25, 0.3) is 0 Å². The van der Waals surface area contributed by atoms with Crippen molar-refractivity contribution in [3.63, 3.8) is 0 Å². The Balaban J connectivity index is 2.37. The topological polar surface area (TPSA) is 70.9 Å². The van der Waals surface area contributed by atoms with Crippen LogP contribution in [0.2, 0.25) is 0 Å². The highest BCUT2D eigenvalue weighted by Gasteiger charge is 2.27. The molecule has 1 aromatic heterocycles. The highest BCUT2D eigenvalue weighted by atomic mass is 15.4. The van der Waals surface area contributed by atoms with E-state index in [0.717, 1.165) is 31.0 Å². The van der Waals surface area contributed by atoms with E-state index in [0.29, 0.717) is 11.5 Å². The van der Waals surface area contributed by atoms with Crippen molar-refractivity contribution >= 4 is 5.82 Å². The third-order valence-electron chi connectivity index (χ3n) is 3.30. The van der Waals surface area contributed by atoms with Crippen LogP contribution in [0.15, 0.2) is 0 Å². The first kappa shape index (κ1) is 11.9. The zero-order valence-corrected chi connectivity index (χ0v) is 10.6. The van der Waals surface area contributed by atoms with E-state index >= 15 is 0 Å². The lowest BCUT2D eigenvalue weighted by atomic mass is 9.96. The van der Waals surface area contributed by atoms with Gasteiger partial charge < -0.3 is 10.6 Å². The van der Waals surface area contributed by atoms with Crippen molar-refractivity contribution in [3.8, 4) is 6.07 Å². The van der Waals surface area contributed by atoms with Crippen LogP contribution in [0.5, 0.6) is 0 Å². The maximum atomic E-state index is 9.21. The summed E-state index contributed by atoms with van der Waals surface area (Å²) in [7, 11) is 1.88. The Morgan fingerprint density at radius 3 is 2.76 bits per heavy atom. The van der Waals surface area contributed by atoms with Gasteiger partial charge in [0.05, 0.1) is 5.69 Å². The summed E-state index contributed by atoms with van der Waals surface area (Å²) in [5.41, 5.74) is 7.51. The van der Waals surface area contributed by atoms with Gasteiger partial charge in [-0.25, -0.2) is 0 Å². The molecule has 5 heteroatoms. The van der Waals surface area contributed by atoms with Crippen LogP contribution in [0.25, 0.3) is 0 Å². The summed E-state index contributed by atoms with van der Waals surface area (Å²) in [4.78, 5) is 2.19. The van der Waals surface area contributed by atoms with Gasteiger partial charge in [-0.15, -0.1) is 0 Å². The van der Waals surface area contributed by atoms with Crippen LogP contribution in [0.3, 0.4) is 0 Å². The Morgan fingerprint density at radius 1 is 1.47 bits per heavy atom. The maximum Gasteiger partial charge on any atom is 0.145 e. The molecule has 0 saturated carbocycles. The standard InChI is InChI=1S/C12H19N5/c1-8-4-10(14)7-17(6-8)12-11(5-13)9(2)15-16(12)3/h8,10H,4,6-7,14H2,1-3H3. The first-order valence-electron chi connectivity index (χ1n) is 5.97. The zero-order valence-electron chi connectivity index (χ0n) is 10.6. The molecular formula is C12H19N5. The molecular weight excluding hydrogens is 214 g/mol. The van der Waals surface area contributed by atoms with Crippen LogP contribution in [0.4, 0.5) is 5.82 Å². The predicted molar refractivity (Wildman–Crippen MR) is 66.6 cm³/mol. The zero-order chi connectivity index (χ0) is 12.6. The lowest BCUT2D eigenvalue weighted by molar-refractivity contribution is 0.397. The maximum absolute atomic E-state index is 9.21. The van der Waals surface area contributed by atoms with Gasteiger partial charge in [-0.3, -0.25) is 4.68 Å². The number of piperidine rings is 1. The molecule has 0 bridgehead atoms. The summed E-state index contributed by atoms with van der Waals surface area (Å²) in [6.07, 6.45) is 1.05. The molecule has 0 aliphatic carbocycles. The summed E-state index contributed by atoms with van der Waals surface area (Å²) >= 11 is 0. The fraction of sp³-hybridized carbons (Fsp3) is 0.667. The third-order valence-corrected chi connectivity index (χ3v) is 3.30. The number of anilines is 1. The Labute approximate surface area is 102 Å². The summed E-state index contributed by atoms with van der Waals surface area (Å²) in [5.74, 6) is 1.47. The minimum absolute atomic E-state index is 0.181. The minimum atomic E-state index is 0.181. The number of nitriles is 1. The summed E-state index contributed by atoms with van der Waals surface area (Å²) < 4.78 is 1.79. The normalized spacial score (nSPS) is 24.8. The van der Waals surface area contributed by atoms with Crippen LogP contribution in [0, 0.1) is 24.2 Å². The average Bonchev–Trinajstić information content (AvgIpc) is 2.51. The molecule has 1 aliphatic rings. The summed E-state index contributed by atoms with van der Waals surface area (Å²) in [5, 5.41) is 13.5. The number of aryl methyl sites for hydroxylation is 2. The molecule has 0 aromatic carbocycles. The lowest BCUT2D eigenvalue weighted by Crippen LogP contribution is -2.47. The van der Waals surface area contributed by atoms with Crippen molar-refractivity contribution in [2.45, 2.75) is 26.3 Å². The van der Waals surface area contributed by atoms with Gasteiger partial charge in [-0.05, 0) is 19.3 Å². The second-order valence-electron chi connectivity index (χ2n) is 5.03. The minimum Gasteiger partial charge on any atom is -0.354 e. The van der Waals surface area contributed by atoms with E-state index in [9.17, 15) is 5.26 Å². The third kappa shape index (κ3) is 2.13. The molecule has 2 heterocycles. The van der Waals surface area contributed by atoms with Crippen LogP contribution in [-0.2, 0) is 7.05 Å². The van der Waals surface area contributed by atoms with E-state index in [-0.39, 0.29) is 6.04 Å². The first-order chi connectivity index (χ1) is 8.02. The largest absolute Gasteiger partial charge is 0.354 e. The van der Waals surface area contributed by atoms with Gasteiger partial charge in [0.1, 0.15) is 17.5 Å². The molecule has 2 unspecified atom stereocenters. The van der Waals surface area contributed by atoms with E-state index in [1.54, 1.807) is 4.68 Å². The van der Waals surface area contributed by atoms with E-state index < -0.39 is 0 Å². The SMILES string of the molecule is Cc1nn(C)c(N2CC(C)CC(N)C2)c1C#N. The molecule has 2 N–H and O–H groups in total. The van der Waals surface area contributed by atoms with Crippen molar-refractivity contribution in [1.82, 2.24) is 9.78 Å². The monoisotopic (exact) mass is 233 g/mol. The van der Waals surface area contributed by atoms with Crippen LogP contribution in [-0.4, -0.2) is 28.9 Å². The van der Waals surface area contributed by atoms with Gasteiger partial charge in [-0.2, -0.15) is 10.4 Å². The summed E-state index contributed by atoms with van der Waals surface area (Å²) in [6, 6.07) is 2.43. The van der Waals surface area contributed by atoms with Gasteiger partial charge in [0.15, 0.2) is 0 Å². The number of nitrogens with two attached hydrogens (primary N) is 1. The molecule has 2 atom stereocenters. The lowest BCUT2D eigenvalue weighted by Gasteiger charge is -2.36. The Bertz CT molecular complexity index is 446. The number of hydrogen-bond donors (Lipinski definition) is 1. The Morgan fingerprint density at radius 2 is 2.18 bits per heavy atom. The molecule has 2 rings (SSSR count). The molecule has 1 aliphatic heterocycles. The number of hydrogen-bond acceptors (Lipinski definition) is 4. The first-order valence-corrected chi connectivity index (χ1v) is 5.97. The second-order valence-corrected chi connectivity index (χ2v) is 5.03. The number of rotatable bonds is 1. The van der Waals surface area contributed by atoms with E-state index in [2.05, 4.69) is 23.0 Å². The van der Waals surface area contributed by atoms with Crippen LogP contribution < -0.4 is 10.6 Å². The summed E-state index contributed by atoms with van der Waals surface area (Å²) in [6.45, 7) is 5.82. The molecule has 0 radical (unpaired) electrons. The van der Waals surface area contributed by atoms with Gasteiger partial charge >= 0.3 is 0 Å². The highest BCUT2D eigenvalue weighted by molar-refractivity contribution is 5.57. The Kier molecular flexibility index (Phi) is 3.07. The molecule has 1 aromatic rings. The van der Waals surface area contributed by atoms with Crippen molar-refractivity contribution in [3.05, 3.63) is 11.3 Å². The number of aromatic nitrogens is 2. The quantitative estimate of drug-likeness (QED) is 0.778.